The number of nitrogens with zero attached hydrogens (tertiary/aromatic N) is 4. The van der Waals surface area contributed by atoms with Gasteiger partial charge in [0, 0.05) is 13.6 Å². The summed E-state index contributed by atoms with van der Waals surface area (Å²) < 4.78 is 5.31. The number of hydrogen-bond acceptors (Lipinski definition) is 6. The lowest BCUT2D eigenvalue weighted by Crippen LogP contribution is -2.36. The fourth-order valence-corrected chi connectivity index (χ4v) is 2.63. The fourth-order valence-electron chi connectivity index (χ4n) is 2.63. The summed E-state index contributed by atoms with van der Waals surface area (Å²) in [6.07, 6.45) is 3.70. The van der Waals surface area contributed by atoms with Crippen LogP contribution in [0.2, 0.25) is 0 Å². The molecule has 0 radical (unpaired) electrons. The van der Waals surface area contributed by atoms with Gasteiger partial charge in [0.05, 0.1) is 20.0 Å². The van der Waals surface area contributed by atoms with Crippen LogP contribution in [0.1, 0.15) is 5.56 Å². The molecule has 0 aliphatic heterocycles. The molecular weight excluding hydrogens is 320 g/mol. The molecule has 1 aromatic carbocycles. The van der Waals surface area contributed by atoms with Crippen molar-refractivity contribution in [2.45, 2.75) is 6.42 Å². The summed E-state index contributed by atoms with van der Waals surface area (Å²) in [6, 6.07) is 7.79. The van der Waals surface area contributed by atoms with Crippen LogP contribution < -0.4 is 15.0 Å². The van der Waals surface area contributed by atoms with E-state index in [1.54, 1.807) is 18.3 Å². The number of nitrogens with one attached hydrogen (secondary N) is 2. The molecule has 2 heterocycles. The van der Waals surface area contributed by atoms with Gasteiger partial charge in [0.15, 0.2) is 11.5 Å². The molecule has 25 heavy (non-hydrogen) atoms. The van der Waals surface area contributed by atoms with Crippen molar-refractivity contribution in [3.8, 4) is 5.75 Å². The van der Waals surface area contributed by atoms with E-state index >= 15 is 0 Å². The summed E-state index contributed by atoms with van der Waals surface area (Å²) in [5.74, 6) is 1.39. The van der Waals surface area contributed by atoms with Gasteiger partial charge in [-0.2, -0.15) is 0 Å². The number of amides is 1. The number of methoxy groups -OCH3 is 1. The Balaban J connectivity index is 1.55. The first kappa shape index (κ1) is 16.7. The summed E-state index contributed by atoms with van der Waals surface area (Å²) in [5, 5.41) is 2.92. The van der Waals surface area contributed by atoms with E-state index in [0.29, 0.717) is 29.9 Å². The van der Waals surface area contributed by atoms with Crippen LogP contribution in [0.15, 0.2) is 36.9 Å². The highest BCUT2D eigenvalue weighted by molar-refractivity contribution is 5.86. The lowest BCUT2D eigenvalue weighted by molar-refractivity contribution is -0.119. The van der Waals surface area contributed by atoms with Gasteiger partial charge in [-0.15, -0.1) is 0 Å². The minimum absolute atomic E-state index is 0.0799. The fraction of sp³-hybridized carbons (Fsp3) is 0.294. The Kier molecular flexibility index (Phi) is 5.08. The molecule has 0 saturated carbocycles. The van der Waals surface area contributed by atoms with Crippen LogP contribution in [0.3, 0.4) is 0 Å². The summed E-state index contributed by atoms with van der Waals surface area (Å²) in [5.41, 5.74) is 2.36. The summed E-state index contributed by atoms with van der Waals surface area (Å²) >= 11 is 0. The molecule has 1 amide bonds. The van der Waals surface area contributed by atoms with Crippen LogP contribution in [0.4, 0.5) is 5.82 Å². The molecule has 0 aliphatic carbocycles. The van der Waals surface area contributed by atoms with Crippen LogP contribution in [0, 0.1) is 0 Å². The van der Waals surface area contributed by atoms with Crippen molar-refractivity contribution in [2.75, 3.05) is 32.1 Å². The van der Waals surface area contributed by atoms with E-state index in [-0.39, 0.29) is 12.5 Å². The van der Waals surface area contributed by atoms with Crippen molar-refractivity contribution < 1.29 is 9.53 Å². The summed E-state index contributed by atoms with van der Waals surface area (Å²) in [6.45, 7) is 0.730. The molecule has 0 spiro atoms. The number of carbonyl (C=O) groups excluding carboxylic acids is 1. The lowest BCUT2D eigenvalue weighted by Gasteiger charge is -2.18. The van der Waals surface area contributed by atoms with Gasteiger partial charge in [-0.3, -0.25) is 4.79 Å². The van der Waals surface area contributed by atoms with Crippen LogP contribution in [-0.2, 0) is 11.2 Å². The zero-order valence-electron chi connectivity index (χ0n) is 14.2. The first-order chi connectivity index (χ1) is 12.2. The second-order valence-electron chi connectivity index (χ2n) is 5.57. The SMILES string of the molecule is COc1ccccc1CCNC(=O)CN(C)c1ncnc2nc[nH]c12. The molecule has 8 nitrogen and oxygen atoms in total. The molecule has 130 valence electrons. The van der Waals surface area contributed by atoms with Crippen LogP contribution in [0.25, 0.3) is 11.2 Å². The number of carbonyl (C=O) groups is 1. The summed E-state index contributed by atoms with van der Waals surface area (Å²) in [4.78, 5) is 29.3. The first-order valence-electron chi connectivity index (χ1n) is 7.93. The number of H-pyrrole nitrogens is 1. The van der Waals surface area contributed by atoms with Crippen molar-refractivity contribution >= 4 is 22.9 Å². The van der Waals surface area contributed by atoms with Crippen molar-refractivity contribution in [3.63, 3.8) is 0 Å². The topological polar surface area (TPSA) is 96.0 Å². The third-order valence-corrected chi connectivity index (χ3v) is 3.85. The number of anilines is 1. The molecular formula is C17H20N6O2. The van der Waals surface area contributed by atoms with Crippen LogP contribution in [-0.4, -0.2) is 53.1 Å². The lowest BCUT2D eigenvalue weighted by atomic mass is 10.1. The van der Waals surface area contributed by atoms with E-state index in [2.05, 4.69) is 25.3 Å². The molecule has 3 aromatic rings. The minimum atomic E-state index is -0.0799. The largest absolute Gasteiger partial charge is 0.496 e. The average Bonchev–Trinajstić information content (AvgIpc) is 3.10. The van der Waals surface area contributed by atoms with Gasteiger partial charge in [-0.25, -0.2) is 15.0 Å². The van der Waals surface area contributed by atoms with Gasteiger partial charge < -0.3 is 19.9 Å². The highest BCUT2D eigenvalue weighted by Gasteiger charge is 2.13. The molecule has 0 fully saturated rings. The number of para-hydroxylation sites is 1. The van der Waals surface area contributed by atoms with Crippen molar-refractivity contribution in [2.24, 2.45) is 0 Å². The number of rotatable bonds is 7. The number of fused-ring (bicyclic) bond motifs is 1. The Morgan fingerprint density at radius 3 is 2.96 bits per heavy atom. The maximum absolute atomic E-state index is 12.2. The molecule has 3 rings (SSSR count). The Bertz CT molecular complexity index is 863. The second kappa shape index (κ2) is 7.61. The molecule has 2 N–H and O–H groups in total. The van der Waals surface area contributed by atoms with Gasteiger partial charge in [0.1, 0.15) is 17.6 Å². The van der Waals surface area contributed by atoms with E-state index in [9.17, 15) is 4.79 Å². The quantitative estimate of drug-likeness (QED) is 0.670. The molecule has 0 unspecified atom stereocenters. The third kappa shape index (κ3) is 3.85. The maximum atomic E-state index is 12.2. The number of ether oxygens (including phenoxy) is 1. The smallest absolute Gasteiger partial charge is 0.239 e. The molecule has 0 aliphatic rings. The van der Waals surface area contributed by atoms with E-state index in [0.717, 1.165) is 11.3 Å². The zero-order valence-corrected chi connectivity index (χ0v) is 14.2. The Morgan fingerprint density at radius 1 is 1.28 bits per heavy atom. The van der Waals surface area contributed by atoms with Gasteiger partial charge in [0.25, 0.3) is 0 Å². The third-order valence-electron chi connectivity index (χ3n) is 3.85. The standard InChI is InChI=1S/C17H20N6O2/c1-23(17-15-16(20-10-19-15)21-11-22-17)9-14(24)18-8-7-12-5-3-4-6-13(12)25-2/h3-6,10-11H,7-9H2,1-2H3,(H,18,24)(H,19,20,21,22). The Hall–Kier alpha value is -3.16. The second-order valence-corrected chi connectivity index (χ2v) is 5.57. The molecule has 2 aromatic heterocycles. The number of aromatic nitrogens is 4. The number of imidazole rings is 1. The minimum Gasteiger partial charge on any atom is -0.496 e. The predicted octanol–water partition coefficient (Wildman–Crippen LogP) is 1.16. The molecule has 8 heteroatoms. The summed E-state index contributed by atoms with van der Waals surface area (Å²) in [7, 11) is 3.45. The maximum Gasteiger partial charge on any atom is 0.239 e. The van der Waals surface area contributed by atoms with E-state index in [4.69, 9.17) is 4.74 Å². The number of aromatic amines is 1. The van der Waals surface area contributed by atoms with Gasteiger partial charge in [-0.1, -0.05) is 18.2 Å². The normalized spacial score (nSPS) is 10.6. The zero-order chi connectivity index (χ0) is 17.6. The highest BCUT2D eigenvalue weighted by Crippen LogP contribution is 2.18. The Labute approximate surface area is 145 Å². The van der Waals surface area contributed by atoms with Gasteiger partial charge in [-0.05, 0) is 18.1 Å². The van der Waals surface area contributed by atoms with Crippen molar-refractivity contribution in [1.82, 2.24) is 25.3 Å². The Morgan fingerprint density at radius 2 is 2.12 bits per heavy atom. The van der Waals surface area contributed by atoms with E-state index < -0.39 is 0 Å². The van der Waals surface area contributed by atoms with Gasteiger partial charge in [0.2, 0.25) is 5.91 Å². The molecule has 0 bridgehead atoms. The van der Waals surface area contributed by atoms with Crippen molar-refractivity contribution in [1.29, 1.82) is 0 Å². The first-order valence-corrected chi connectivity index (χ1v) is 7.93. The number of benzene rings is 1. The predicted molar refractivity (Wildman–Crippen MR) is 94.7 cm³/mol. The van der Waals surface area contributed by atoms with Gasteiger partial charge >= 0.3 is 0 Å². The van der Waals surface area contributed by atoms with E-state index in [1.807, 2.05) is 31.3 Å². The molecule has 0 saturated heterocycles. The van der Waals surface area contributed by atoms with Crippen LogP contribution in [0.5, 0.6) is 5.75 Å². The van der Waals surface area contributed by atoms with E-state index in [1.165, 1.54) is 6.33 Å². The molecule has 0 atom stereocenters. The highest BCUT2D eigenvalue weighted by atomic mass is 16.5. The van der Waals surface area contributed by atoms with Crippen LogP contribution >= 0.6 is 0 Å². The number of likely N-dealkylation sites (N-methyl/N-ethyl adjacent to an activating group) is 1. The van der Waals surface area contributed by atoms with Crippen molar-refractivity contribution in [3.05, 3.63) is 42.5 Å². The monoisotopic (exact) mass is 340 g/mol. The average molecular weight is 340 g/mol. The number of hydrogen-bond donors (Lipinski definition) is 2.